The number of methoxy groups -OCH3 is 1. The summed E-state index contributed by atoms with van der Waals surface area (Å²) in [6, 6.07) is 0. The number of carbonyl (C=O) groups excluding carboxylic acids is 2. The Balaban J connectivity index is 2.28. The SMILES string of the molecule is COC(=O)CCCNC(=O)CCc1c(C)nn(C)c1C. The lowest BCUT2D eigenvalue weighted by molar-refractivity contribution is -0.140. The quantitative estimate of drug-likeness (QED) is 0.598. The zero-order chi connectivity index (χ0) is 15.1. The summed E-state index contributed by atoms with van der Waals surface area (Å²) in [5.74, 6) is -0.252. The van der Waals surface area contributed by atoms with E-state index in [2.05, 4.69) is 15.2 Å². The summed E-state index contributed by atoms with van der Waals surface area (Å²) in [7, 11) is 3.26. The molecule has 1 amide bonds. The van der Waals surface area contributed by atoms with Crippen LogP contribution in [-0.2, 0) is 27.8 Å². The van der Waals surface area contributed by atoms with Gasteiger partial charge in [0, 0.05) is 32.1 Å². The van der Waals surface area contributed by atoms with Crippen molar-refractivity contribution in [3.8, 4) is 0 Å². The Morgan fingerprint density at radius 2 is 2.00 bits per heavy atom. The highest BCUT2D eigenvalue weighted by Gasteiger charge is 2.11. The maximum Gasteiger partial charge on any atom is 0.305 e. The average Bonchev–Trinajstić information content (AvgIpc) is 2.66. The van der Waals surface area contributed by atoms with Crippen molar-refractivity contribution in [1.82, 2.24) is 15.1 Å². The molecule has 0 saturated carbocycles. The van der Waals surface area contributed by atoms with Crippen LogP contribution in [0.3, 0.4) is 0 Å². The summed E-state index contributed by atoms with van der Waals surface area (Å²) >= 11 is 0. The Bertz CT molecular complexity index is 480. The van der Waals surface area contributed by atoms with Crippen LogP contribution in [-0.4, -0.2) is 35.3 Å². The third-order valence-corrected chi connectivity index (χ3v) is 3.37. The van der Waals surface area contributed by atoms with Gasteiger partial charge in [-0.15, -0.1) is 0 Å². The minimum atomic E-state index is -0.249. The second-order valence-electron chi connectivity index (χ2n) is 4.80. The molecule has 1 rings (SSSR count). The Morgan fingerprint density at radius 3 is 2.55 bits per heavy atom. The fourth-order valence-electron chi connectivity index (χ4n) is 2.07. The zero-order valence-corrected chi connectivity index (χ0v) is 12.7. The van der Waals surface area contributed by atoms with Crippen molar-refractivity contribution in [2.75, 3.05) is 13.7 Å². The molecule has 0 fully saturated rings. The number of rotatable bonds is 7. The molecule has 0 aliphatic heterocycles. The minimum Gasteiger partial charge on any atom is -0.469 e. The zero-order valence-electron chi connectivity index (χ0n) is 12.7. The molecular formula is C14H23N3O3. The number of aryl methyl sites for hydroxylation is 2. The molecule has 6 heteroatoms. The van der Waals surface area contributed by atoms with Gasteiger partial charge in [0.05, 0.1) is 12.8 Å². The molecule has 1 heterocycles. The number of amides is 1. The van der Waals surface area contributed by atoms with E-state index < -0.39 is 0 Å². The number of ether oxygens (including phenoxy) is 1. The molecular weight excluding hydrogens is 258 g/mol. The van der Waals surface area contributed by atoms with E-state index in [0.29, 0.717) is 32.2 Å². The Kier molecular flexibility index (Phi) is 6.21. The molecule has 6 nitrogen and oxygen atoms in total. The Morgan fingerprint density at radius 1 is 1.30 bits per heavy atom. The molecule has 0 atom stereocenters. The van der Waals surface area contributed by atoms with E-state index in [-0.39, 0.29) is 11.9 Å². The van der Waals surface area contributed by atoms with Gasteiger partial charge in [-0.2, -0.15) is 5.10 Å². The van der Waals surface area contributed by atoms with Crippen LogP contribution >= 0.6 is 0 Å². The van der Waals surface area contributed by atoms with Gasteiger partial charge in [0.25, 0.3) is 0 Å². The standard InChI is InChI=1S/C14H23N3O3/c1-10-12(11(2)17(3)16-10)7-8-13(18)15-9-5-6-14(19)20-4/h5-9H2,1-4H3,(H,15,18). The maximum absolute atomic E-state index is 11.7. The number of carbonyl (C=O) groups is 2. The molecule has 0 radical (unpaired) electrons. The summed E-state index contributed by atoms with van der Waals surface area (Å²) in [6.45, 7) is 4.46. The van der Waals surface area contributed by atoms with Crippen molar-refractivity contribution in [1.29, 1.82) is 0 Å². The second-order valence-corrected chi connectivity index (χ2v) is 4.80. The van der Waals surface area contributed by atoms with E-state index in [0.717, 1.165) is 17.0 Å². The predicted molar refractivity (Wildman–Crippen MR) is 75.3 cm³/mol. The van der Waals surface area contributed by atoms with Gasteiger partial charge in [-0.25, -0.2) is 0 Å². The second kappa shape index (κ2) is 7.67. The van der Waals surface area contributed by atoms with Gasteiger partial charge in [-0.05, 0) is 32.3 Å². The van der Waals surface area contributed by atoms with Crippen molar-refractivity contribution in [2.24, 2.45) is 7.05 Å². The molecule has 1 aromatic heterocycles. The molecule has 0 saturated heterocycles. The van der Waals surface area contributed by atoms with Gasteiger partial charge in [-0.1, -0.05) is 0 Å². The lowest BCUT2D eigenvalue weighted by atomic mass is 10.1. The van der Waals surface area contributed by atoms with Crippen LogP contribution in [0.1, 0.15) is 36.2 Å². The first-order chi connectivity index (χ1) is 9.45. The van der Waals surface area contributed by atoms with Crippen LogP contribution in [0.5, 0.6) is 0 Å². The first-order valence-corrected chi connectivity index (χ1v) is 6.78. The van der Waals surface area contributed by atoms with Gasteiger partial charge >= 0.3 is 5.97 Å². The minimum absolute atomic E-state index is 0.00230. The highest BCUT2D eigenvalue weighted by atomic mass is 16.5. The van der Waals surface area contributed by atoms with Gasteiger partial charge in [0.2, 0.25) is 5.91 Å². The monoisotopic (exact) mass is 281 g/mol. The molecule has 1 N–H and O–H groups in total. The summed E-state index contributed by atoms with van der Waals surface area (Å²) < 4.78 is 6.36. The Labute approximate surface area is 119 Å². The first kappa shape index (κ1) is 16.2. The number of hydrogen-bond donors (Lipinski definition) is 1. The summed E-state index contributed by atoms with van der Waals surface area (Å²) in [5, 5.41) is 7.13. The Hall–Kier alpha value is -1.85. The highest BCUT2D eigenvalue weighted by molar-refractivity contribution is 5.76. The van der Waals surface area contributed by atoms with Crippen LogP contribution in [0.15, 0.2) is 0 Å². The average molecular weight is 281 g/mol. The van der Waals surface area contributed by atoms with Crippen LogP contribution in [0.4, 0.5) is 0 Å². The molecule has 112 valence electrons. The number of hydrogen-bond acceptors (Lipinski definition) is 4. The summed E-state index contributed by atoms with van der Waals surface area (Å²) in [6.07, 6.45) is 2.06. The predicted octanol–water partition coefficient (Wildman–Crippen LogP) is 1.04. The van der Waals surface area contributed by atoms with Crippen LogP contribution < -0.4 is 5.32 Å². The van der Waals surface area contributed by atoms with Gasteiger partial charge in [0.15, 0.2) is 0 Å². The molecule has 20 heavy (non-hydrogen) atoms. The van der Waals surface area contributed by atoms with E-state index >= 15 is 0 Å². The molecule has 0 spiro atoms. The van der Waals surface area contributed by atoms with Crippen molar-refractivity contribution in [2.45, 2.75) is 39.5 Å². The van der Waals surface area contributed by atoms with Crippen molar-refractivity contribution in [3.63, 3.8) is 0 Å². The third kappa shape index (κ3) is 4.68. The number of nitrogens with zero attached hydrogens (tertiary/aromatic N) is 2. The van der Waals surface area contributed by atoms with Gasteiger partial charge in [0.1, 0.15) is 0 Å². The van der Waals surface area contributed by atoms with E-state index in [9.17, 15) is 9.59 Å². The lowest BCUT2D eigenvalue weighted by Crippen LogP contribution is -2.25. The molecule has 1 aromatic rings. The van der Waals surface area contributed by atoms with E-state index in [4.69, 9.17) is 0 Å². The number of aromatic nitrogens is 2. The first-order valence-electron chi connectivity index (χ1n) is 6.78. The normalized spacial score (nSPS) is 10.4. The third-order valence-electron chi connectivity index (χ3n) is 3.37. The maximum atomic E-state index is 11.7. The lowest BCUT2D eigenvalue weighted by Gasteiger charge is -2.05. The fourth-order valence-corrected chi connectivity index (χ4v) is 2.07. The van der Waals surface area contributed by atoms with Crippen LogP contribution in [0.25, 0.3) is 0 Å². The van der Waals surface area contributed by atoms with Crippen molar-refractivity contribution >= 4 is 11.9 Å². The van der Waals surface area contributed by atoms with Gasteiger partial charge < -0.3 is 10.1 Å². The molecule has 0 aromatic carbocycles. The largest absolute Gasteiger partial charge is 0.469 e. The molecule has 0 aliphatic carbocycles. The van der Waals surface area contributed by atoms with Crippen LogP contribution in [0, 0.1) is 13.8 Å². The fraction of sp³-hybridized carbons (Fsp3) is 0.643. The molecule has 0 unspecified atom stereocenters. The van der Waals surface area contributed by atoms with Crippen LogP contribution in [0.2, 0.25) is 0 Å². The van der Waals surface area contributed by atoms with E-state index in [1.807, 2.05) is 25.6 Å². The highest BCUT2D eigenvalue weighted by Crippen LogP contribution is 2.13. The summed E-state index contributed by atoms with van der Waals surface area (Å²) in [4.78, 5) is 22.6. The molecule has 0 aliphatic rings. The van der Waals surface area contributed by atoms with Crippen molar-refractivity contribution in [3.05, 3.63) is 17.0 Å². The van der Waals surface area contributed by atoms with E-state index in [1.165, 1.54) is 7.11 Å². The van der Waals surface area contributed by atoms with E-state index in [1.54, 1.807) is 0 Å². The number of esters is 1. The molecule has 0 bridgehead atoms. The topological polar surface area (TPSA) is 73.2 Å². The van der Waals surface area contributed by atoms with Crippen molar-refractivity contribution < 1.29 is 14.3 Å². The number of nitrogens with one attached hydrogen (secondary N) is 1. The summed E-state index contributed by atoms with van der Waals surface area (Å²) in [5.41, 5.74) is 3.21. The van der Waals surface area contributed by atoms with Gasteiger partial charge in [-0.3, -0.25) is 14.3 Å². The smallest absolute Gasteiger partial charge is 0.305 e.